The zero-order valence-corrected chi connectivity index (χ0v) is 26.7. The smallest absolute Gasteiger partial charge is 0.331 e. The van der Waals surface area contributed by atoms with Crippen molar-refractivity contribution in [1.29, 1.82) is 0 Å². The van der Waals surface area contributed by atoms with Gasteiger partial charge in [0.25, 0.3) is 8.32 Å². The van der Waals surface area contributed by atoms with Crippen LogP contribution in [0.1, 0.15) is 73.4 Å². The van der Waals surface area contributed by atoms with Crippen molar-refractivity contribution < 1.29 is 18.8 Å². The lowest BCUT2D eigenvalue weighted by Crippen LogP contribution is -2.50. The molecule has 2 aromatic rings. The Morgan fingerprint density at radius 1 is 0.875 bits per heavy atom. The average molecular weight is 565 g/mol. The molecule has 218 valence electrons. The third-order valence-corrected chi connectivity index (χ3v) is 12.9. The third kappa shape index (κ3) is 9.79. The second kappa shape index (κ2) is 14.5. The Morgan fingerprint density at radius 2 is 1.43 bits per heavy atom. The zero-order valence-electron chi connectivity index (χ0n) is 25.7. The molecule has 7 heteroatoms. The molecule has 40 heavy (non-hydrogen) atoms. The van der Waals surface area contributed by atoms with E-state index in [1.165, 1.54) is 6.08 Å². The van der Waals surface area contributed by atoms with E-state index in [0.29, 0.717) is 28.7 Å². The van der Waals surface area contributed by atoms with Gasteiger partial charge in [-0.05, 0) is 79.2 Å². The molecule has 0 radical (unpaired) electrons. The van der Waals surface area contributed by atoms with Crippen LogP contribution in [-0.2, 0) is 20.7 Å². The second-order valence-electron chi connectivity index (χ2n) is 12.2. The highest BCUT2D eigenvalue weighted by atomic mass is 28.4. The molecule has 0 spiro atoms. The minimum Gasteiger partial charge on any atom is -0.543 e. The van der Waals surface area contributed by atoms with E-state index in [-0.39, 0.29) is 5.91 Å². The quantitative estimate of drug-likeness (QED) is 0.123. The Morgan fingerprint density at radius 3 is 1.93 bits per heavy atom. The van der Waals surface area contributed by atoms with Crippen molar-refractivity contribution in [3.05, 3.63) is 83.6 Å². The van der Waals surface area contributed by atoms with Gasteiger partial charge in [0.05, 0.1) is 6.04 Å². The standard InChI is InChI=1S/C33H48N2O4Si/c1-23(2)40(24(3)4,25(5)6)39-29-18-15-27(16-19-29)21-28(17-20-31(36)38-33(7,8)9)35-32(37)30(34)22-26-13-11-10-12-14-26/h10-21,23-25,30H,22,34H2,1-9H3,(H,35,37)/b20-17+,28-21-/t30-/m1/s1. The van der Waals surface area contributed by atoms with Gasteiger partial charge in [0, 0.05) is 11.8 Å². The van der Waals surface area contributed by atoms with Crippen molar-refractivity contribution in [2.45, 2.75) is 97.0 Å². The molecule has 6 nitrogen and oxygen atoms in total. The van der Waals surface area contributed by atoms with Gasteiger partial charge in [0.1, 0.15) is 11.4 Å². The van der Waals surface area contributed by atoms with Gasteiger partial charge in [-0.15, -0.1) is 0 Å². The van der Waals surface area contributed by atoms with Crippen LogP contribution in [-0.4, -0.2) is 31.8 Å². The highest BCUT2D eigenvalue weighted by molar-refractivity contribution is 6.78. The summed E-state index contributed by atoms with van der Waals surface area (Å²) in [6.45, 7) is 19.0. The molecule has 0 unspecified atom stereocenters. The molecule has 1 amide bonds. The molecular weight excluding hydrogens is 516 g/mol. The minimum absolute atomic E-state index is 0.342. The van der Waals surface area contributed by atoms with E-state index in [0.717, 1.165) is 16.9 Å². The molecule has 2 rings (SSSR count). The molecule has 0 aliphatic carbocycles. The summed E-state index contributed by atoms with van der Waals surface area (Å²) in [7, 11) is -2.08. The zero-order chi connectivity index (χ0) is 30.1. The van der Waals surface area contributed by atoms with Gasteiger partial charge in [-0.3, -0.25) is 4.79 Å². The monoisotopic (exact) mass is 564 g/mol. The summed E-state index contributed by atoms with van der Waals surface area (Å²) in [5.41, 5.74) is 9.24. The first-order chi connectivity index (χ1) is 18.6. The van der Waals surface area contributed by atoms with Crippen molar-refractivity contribution in [2.75, 3.05) is 0 Å². The number of amides is 1. The van der Waals surface area contributed by atoms with E-state index in [1.807, 2.05) is 54.6 Å². The Kier molecular flexibility index (Phi) is 11.9. The highest BCUT2D eigenvalue weighted by Crippen LogP contribution is 2.42. The van der Waals surface area contributed by atoms with Gasteiger partial charge in [0.15, 0.2) is 0 Å². The van der Waals surface area contributed by atoms with Crippen molar-refractivity contribution >= 4 is 26.3 Å². The lowest BCUT2D eigenvalue weighted by atomic mass is 10.1. The number of hydrogen-bond donors (Lipinski definition) is 2. The topological polar surface area (TPSA) is 90.6 Å². The molecule has 0 heterocycles. The first-order valence-corrected chi connectivity index (χ1v) is 16.3. The Bertz CT molecular complexity index is 1140. The molecule has 2 aromatic carbocycles. The van der Waals surface area contributed by atoms with Crippen LogP contribution in [0, 0.1) is 0 Å². The number of allylic oxidation sites excluding steroid dienone is 1. The largest absolute Gasteiger partial charge is 0.543 e. The first kappa shape index (κ1) is 33.0. The number of benzene rings is 2. The van der Waals surface area contributed by atoms with Gasteiger partial charge in [-0.25, -0.2) is 4.79 Å². The molecule has 0 aromatic heterocycles. The summed E-state index contributed by atoms with van der Waals surface area (Å²) >= 11 is 0. The lowest BCUT2D eigenvalue weighted by Gasteiger charge is -2.42. The molecule has 0 fully saturated rings. The van der Waals surface area contributed by atoms with Crippen LogP contribution in [0.3, 0.4) is 0 Å². The van der Waals surface area contributed by atoms with Crippen LogP contribution in [0.25, 0.3) is 6.08 Å². The fourth-order valence-corrected chi connectivity index (χ4v) is 10.4. The summed E-state index contributed by atoms with van der Waals surface area (Å²) in [4.78, 5) is 25.3. The fourth-order valence-electron chi connectivity index (χ4n) is 5.18. The van der Waals surface area contributed by atoms with Crippen molar-refractivity contribution in [3.8, 4) is 5.75 Å². The SMILES string of the molecule is CC(C)[Si](Oc1ccc(/C=C(/C=C/C(=O)OC(C)(C)C)NC(=O)[C@H](N)Cc2ccccc2)cc1)(C(C)C)C(C)C. The van der Waals surface area contributed by atoms with Gasteiger partial charge >= 0.3 is 5.97 Å². The van der Waals surface area contributed by atoms with Crippen molar-refractivity contribution in [2.24, 2.45) is 5.73 Å². The van der Waals surface area contributed by atoms with Crippen LogP contribution in [0.2, 0.25) is 16.6 Å². The number of hydrogen-bond acceptors (Lipinski definition) is 5. The summed E-state index contributed by atoms with van der Waals surface area (Å²) < 4.78 is 12.2. The van der Waals surface area contributed by atoms with Gasteiger partial charge in [-0.1, -0.05) is 84.0 Å². The van der Waals surface area contributed by atoms with Crippen LogP contribution in [0.4, 0.5) is 0 Å². The van der Waals surface area contributed by atoms with Crippen LogP contribution in [0.15, 0.2) is 72.4 Å². The summed E-state index contributed by atoms with van der Waals surface area (Å²) in [6, 6.07) is 16.7. The number of esters is 1. The molecule has 0 aliphatic heterocycles. The highest BCUT2D eigenvalue weighted by Gasteiger charge is 2.46. The number of carbonyl (C=O) groups is 2. The van der Waals surface area contributed by atoms with Gasteiger partial charge in [0.2, 0.25) is 5.91 Å². The number of nitrogens with two attached hydrogens (primary N) is 1. The van der Waals surface area contributed by atoms with Crippen molar-refractivity contribution in [1.82, 2.24) is 5.32 Å². The number of nitrogens with one attached hydrogen (secondary N) is 1. The molecule has 1 atom stereocenters. The minimum atomic E-state index is -2.08. The number of rotatable bonds is 12. The number of ether oxygens (including phenoxy) is 1. The molecular formula is C33H48N2O4Si. The number of carbonyl (C=O) groups excluding carboxylic acids is 2. The third-order valence-electron chi connectivity index (χ3n) is 6.91. The summed E-state index contributed by atoms with van der Waals surface area (Å²) in [6.07, 6.45) is 5.05. The van der Waals surface area contributed by atoms with Crippen LogP contribution >= 0.6 is 0 Å². The van der Waals surface area contributed by atoms with Gasteiger partial charge in [-0.2, -0.15) is 0 Å². The molecule has 0 aliphatic rings. The van der Waals surface area contributed by atoms with Crippen LogP contribution in [0.5, 0.6) is 5.75 Å². The van der Waals surface area contributed by atoms with E-state index in [1.54, 1.807) is 32.9 Å². The predicted molar refractivity (Wildman–Crippen MR) is 167 cm³/mol. The van der Waals surface area contributed by atoms with E-state index in [2.05, 4.69) is 46.9 Å². The fraction of sp³-hybridized carbons (Fsp3) is 0.455. The Balaban J connectivity index is 2.31. The molecule has 0 bridgehead atoms. The molecule has 0 saturated carbocycles. The Hall–Kier alpha value is -3.16. The average Bonchev–Trinajstić information content (AvgIpc) is 2.85. The maximum Gasteiger partial charge on any atom is 0.331 e. The molecule has 3 N–H and O–H groups in total. The lowest BCUT2D eigenvalue weighted by molar-refractivity contribution is -0.148. The first-order valence-electron chi connectivity index (χ1n) is 14.2. The second-order valence-corrected chi connectivity index (χ2v) is 17.6. The Labute approximate surface area is 242 Å². The van der Waals surface area contributed by atoms with E-state index >= 15 is 0 Å². The van der Waals surface area contributed by atoms with Gasteiger partial charge < -0.3 is 20.2 Å². The normalized spacial score (nSPS) is 13.7. The summed E-state index contributed by atoms with van der Waals surface area (Å²) in [5.74, 6) is 0.00694. The maximum absolute atomic E-state index is 13.0. The maximum atomic E-state index is 13.0. The predicted octanol–water partition coefficient (Wildman–Crippen LogP) is 7.17. The van der Waals surface area contributed by atoms with Crippen molar-refractivity contribution in [3.63, 3.8) is 0 Å². The molecule has 0 saturated heterocycles. The van der Waals surface area contributed by atoms with E-state index in [4.69, 9.17) is 14.9 Å². The van der Waals surface area contributed by atoms with Crippen LogP contribution < -0.4 is 15.5 Å². The van der Waals surface area contributed by atoms with E-state index in [9.17, 15) is 9.59 Å². The summed E-state index contributed by atoms with van der Waals surface area (Å²) in [5, 5.41) is 2.88. The van der Waals surface area contributed by atoms with E-state index < -0.39 is 25.9 Å².